The minimum Gasteiger partial charge on any atom is -0.340 e. The molecule has 2 N–H and O–H groups in total. The van der Waals surface area contributed by atoms with Gasteiger partial charge in [-0.2, -0.15) is 5.26 Å². The number of amides is 3. The summed E-state index contributed by atoms with van der Waals surface area (Å²) in [5.41, 5.74) is 1.56. The fraction of sp³-hybridized carbons (Fsp3) is 0.300. The van der Waals surface area contributed by atoms with Crippen molar-refractivity contribution in [2.45, 2.75) is 13.5 Å². The number of benzene rings is 1. The van der Waals surface area contributed by atoms with Crippen LogP contribution >= 0.6 is 0 Å². The van der Waals surface area contributed by atoms with Crippen LogP contribution in [0.1, 0.15) is 18.2 Å². The molecule has 2 aromatic rings. The molecule has 150 valence electrons. The zero-order valence-corrected chi connectivity index (χ0v) is 16.0. The lowest BCUT2D eigenvalue weighted by Crippen LogP contribution is -2.47. The van der Waals surface area contributed by atoms with E-state index >= 15 is 0 Å². The van der Waals surface area contributed by atoms with Crippen molar-refractivity contribution in [3.63, 3.8) is 0 Å². The van der Waals surface area contributed by atoms with Gasteiger partial charge in [-0.3, -0.25) is 9.69 Å². The molecule has 0 saturated carbocycles. The van der Waals surface area contributed by atoms with Crippen molar-refractivity contribution in [2.24, 2.45) is 0 Å². The molecule has 0 aliphatic carbocycles. The molecular formula is C20H21FN6O2. The third kappa shape index (κ3) is 5.49. The predicted octanol–water partition coefficient (Wildman–Crippen LogP) is 2.40. The van der Waals surface area contributed by atoms with Gasteiger partial charge in [0.25, 0.3) is 0 Å². The van der Waals surface area contributed by atoms with Gasteiger partial charge in [0, 0.05) is 39.6 Å². The van der Waals surface area contributed by atoms with Gasteiger partial charge in [0.05, 0.1) is 17.6 Å². The van der Waals surface area contributed by atoms with E-state index in [2.05, 4.69) is 20.5 Å². The third-order valence-corrected chi connectivity index (χ3v) is 4.64. The number of anilines is 2. The van der Waals surface area contributed by atoms with Crippen LogP contribution in [0.2, 0.25) is 0 Å². The standard InChI is InChI=1S/C20H21FN6O2/c1-14(28)27-8-6-26(7-9-27)13-15-2-5-18(21)19(10-15)25-20(29)24-17-4-3-16(11-22)23-12-17/h2-5,10,12H,6-9,13H2,1H3,(H2,24,25,29). The SMILES string of the molecule is CC(=O)N1CCN(Cc2ccc(F)c(NC(=O)Nc3ccc(C#N)nc3)c2)CC1. The molecule has 0 unspecified atom stereocenters. The predicted molar refractivity (Wildman–Crippen MR) is 106 cm³/mol. The first kappa shape index (κ1) is 20.2. The highest BCUT2D eigenvalue weighted by Crippen LogP contribution is 2.19. The summed E-state index contributed by atoms with van der Waals surface area (Å²) in [4.78, 5) is 31.4. The molecule has 1 aromatic heterocycles. The first-order valence-electron chi connectivity index (χ1n) is 9.15. The van der Waals surface area contributed by atoms with Crippen LogP contribution in [-0.4, -0.2) is 52.9 Å². The zero-order chi connectivity index (χ0) is 20.8. The van der Waals surface area contributed by atoms with Crippen LogP contribution in [0.25, 0.3) is 0 Å². The quantitative estimate of drug-likeness (QED) is 0.826. The summed E-state index contributed by atoms with van der Waals surface area (Å²) in [6.07, 6.45) is 1.35. The summed E-state index contributed by atoms with van der Waals surface area (Å²) >= 11 is 0. The highest BCUT2D eigenvalue weighted by molar-refractivity contribution is 5.99. The molecular weight excluding hydrogens is 375 g/mol. The first-order valence-corrected chi connectivity index (χ1v) is 9.15. The average Bonchev–Trinajstić information content (AvgIpc) is 2.71. The third-order valence-electron chi connectivity index (χ3n) is 4.64. The zero-order valence-electron chi connectivity index (χ0n) is 16.0. The van der Waals surface area contributed by atoms with Gasteiger partial charge in [-0.05, 0) is 29.8 Å². The number of carbonyl (C=O) groups excluding carboxylic acids is 2. The number of halogens is 1. The van der Waals surface area contributed by atoms with Gasteiger partial charge in [0.1, 0.15) is 17.6 Å². The summed E-state index contributed by atoms with van der Waals surface area (Å²) in [7, 11) is 0. The lowest BCUT2D eigenvalue weighted by atomic mass is 10.1. The van der Waals surface area contributed by atoms with E-state index in [9.17, 15) is 14.0 Å². The van der Waals surface area contributed by atoms with Gasteiger partial charge < -0.3 is 15.5 Å². The summed E-state index contributed by atoms with van der Waals surface area (Å²) in [6.45, 7) is 4.98. The minimum atomic E-state index is -0.609. The van der Waals surface area contributed by atoms with Gasteiger partial charge >= 0.3 is 6.03 Å². The van der Waals surface area contributed by atoms with E-state index < -0.39 is 11.8 Å². The van der Waals surface area contributed by atoms with Crippen LogP contribution < -0.4 is 10.6 Å². The molecule has 1 aliphatic rings. The maximum Gasteiger partial charge on any atom is 0.323 e. The monoisotopic (exact) mass is 396 g/mol. The second-order valence-electron chi connectivity index (χ2n) is 6.72. The number of nitrogens with one attached hydrogen (secondary N) is 2. The van der Waals surface area contributed by atoms with Crippen LogP contribution in [0.15, 0.2) is 36.5 Å². The molecule has 0 atom stereocenters. The van der Waals surface area contributed by atoms with E-state index in [-0.39, 0.29) is 17.3 Å². The Morgan fingerprint density at radius 2 is 1.93 bits per heavy atom. The van der Waals surface area contributed by atoms with Gasteiger partial charge in [-0.1, -0.05) is 6.07 Å². The smallest absolute Gasteiger partial charge is 0.323 e. The average molecular weight is 396 g/mol. The number of hydrogen-bond acceptors (Lipinski definition) is 5. The lowest BCUT2D eigenvalue weighted by molar-refractivity contribution is -0.130. The van der Waals surface area contributed by atoms with E-state index in [0.717, 1.165) is 18.7 Å². The summed E-state index contributed by atoms with van der Waals surface area (Å²) in [5.74, 6) is -0.468. The van der Waals surface area contributed by atoms with Crippen LogP contribution in [0.5, 0.6) is 0 Å². The highest BCUT2D eigenvalue weighted by Gasteiger charge is 2.19. The highest BCUT2D eigenvalue weighted by atomic mass is 19.1. The Balaban J connectivity index is 1.59. The van der Waals surface area contributed by atoms with Crippen molar-refractivity contribution in [3.8, 4) is 6.07 Å². The number of rotatable bonds is 4. The number of nitrogens with zero attached hydrogens (tertiary/aromatic N) is 4. The van der Waals surface area contributed by atoms with Crippen molar-refractivity contribution >= 4 is 23.3 Å². The van der Waals surface area contributed by atoms with Gasteiger partial charge in [-0.15, -0.1) is 0 Å². The maximum absolute atomic E-state index is 14.1. The Bertz CT molecular complexity index is 933. The Labute approximate surface area is 167 Å². The van der Waals surface area contributed by atoms with E-state index in [4.69, 9.17) is 5.26 Å². The van der Waals surface area contributed by atoms with Crippen LogP contribution in [-0.2, 0) is 11.3 Å². The van der Waals surface area contributed by atoms with Crippen LogP contribution in [0.4, 0.5) is 20.6 Å². The number of carbonyl (C=O) groups is 2. The Kier molecular flexibility index (Phi) is 6.36. The lowest BCUT2D eigenvalue weighted by Gasteiger charge is -2.34. The van der Waals surface area contributed by atoms with E-state index in [1.165, 1.54) is 18.3 Å². The van der Waals surface area contributed by atoms with Crippen molar-refractivity contribution in [1.82, 2.24) is 14.8 Å². The van der Waals surface area contributed by atoms with Gasteiger partial charge in [0.15, 0.2) is 0 Å². The molecule has 1 aromatic carbocycles. The summed E-state index contributed by atoms with van der Waals surface area (Å²) < 4.78 is 14.1. The van der Waals surface area contributed by atoms with Crippen molar-refractivity contribution in [1.29, 1.82) is 5.26 Å². The summed E-state index contributed by atoms with van der Waals surface area (Å²) in [6, 6.07) is 8.90. The molecule has 3 amide bonds. The van der Waals surface area contributed by atoms with E-state index in [1.807, 2.05) is 6.07 Å². The number of urea groups is 1. The van der Waals surface area contributed by atoms with Crippen molar-refractivity contribution in [3.05, 3.63) is 53.6 Å². The number of pyridine rings is 1. The minimum absolute atomic E-state index is 0.0707. The topological polar surface area (TPSA) is 101 Å². The van der Waals surface area contributed by atoms with Crippen LogP contribution in [0, 0.1) is 17.1 Å². The van der Waals surface area contributed by atoms with Gasteiger partial charge in [0.2, 0.25) is 5.91 Å². The largest absolute Gasteiger partial charge is 0.340 e. The first-order chi connectivity index (χ1) is 13.9. The maximum atomic E-state index is 14.1. The Morgan fingerprint density at radius 1 is 1.17 bits per heavy atom. The van der Waals surface area contributed by atoms with Gasteiger partial charge in [-0.25, -0.2) is 14.2 Å². The number of nitriles is 1. The van der Waals surface area contributed by atoms with Crippen molar-refractivity contribution < 1.29 is 14.0 Å². The molecule has 1 aliphatic heterocycles. The summed E-state index contributed by atoms with van der Waals surface area (Å²) in [5, 5.41) is 13.8. The fourth-order valence-electron chi connectivity index (χ4n) is 3.06. The molecule has 9 heteroatoms. The fourth-order valence-corrected chi connectivity index (χ4v) is 3.06. The molecule has 0 bridgehead atoms. The number of aromatic nitrogens is 1. The second kappa shape index (κ2) is 9.12. The molecule has 2 heterocycles. The number of hydrogen-bond donors (Lipinski definition) is 2. The second-order valence-corrected chi connectivity index (χ2v) is 6.72. The Hall–Kier alpha value is -3.51. The van der Waals surface area contributed by atoms with Crippen LogP contribution in [0.3, 0.4) is 0 Å². The molecule has 29 heavy (non-hydrogen) atoms. The van der Waals surface area contributed by atoms with E-state index in [0.29, 0.717) is 25.3 Å². The normalized spacial score (nSPS) is 14.2. The Morgan fingerprint density at radius 3 is 2.55 bits per heavy atom. The van der Waals surface area contributed by atoms with E-state index in [1.54, 1.807) is 30.0 Å². The molecule has 1 fully saturated rings. The molecule has 0 radical (unpaired) electrons. The molecule has 3 rings (SSSR count). The molecule has 0 spiro atoms. The number of piperazine rings is 1. The molecule has 8 nitrogen and oxygen atoms in total. The van der Waals surface area contributed by atoms with Crippen molar-refractivity contribution in [2.75, 3.05) is 36.8 Å². The molecule has 1 saturated heterocycles.